The Bertz CT molecular complexity index is 581. The largest absolute Gasteiger partial charge is 0.306 e. The smallest absolute Gasteiger partial charge is 0.128 e. The fourth-order valence-corrected chi connectivity index (χ4v) is 2.31. The lowest BCUT2D eigenvalue weighted by Crippen LogP contribution is -2.25. The fraction of sp³-hybridized carbons (Fsp3) is 0.294. The Morgan fingerprint density at radius 1 is 1.05 bits per heavy atom. The molecule has 0 saturated carbocycles. The van der Waals surface area contributed by atoms with Gasteiger partial charge in [0.05, 0.1) is 6.04 Å². The van der Waals surface area contributed by atoms with Gasteiger partial charge in [-0.05, 0) is 49.2 Å². The molecule has 0 spiro atoms. The summed E-state index contributed by atoms with van der Waals surface area (Å²) in [5.74, 6) is -0.574. The lowest BCUT2D eigenvalue weighted by atomic mass is 9.94. The number of hydrogen-bond donors (Lipinski definition) is 1. The van der Waals surface area contributed by atoms with E-state index in [2.05, 4.69) is 5.32 Å². The van der Waals surface area contributed by atoms with Crippen LogP contribution in [0.2, 0.25) is 0 Å². The molecule has 0 amide bonds. The van der Waals surface area contributed by atoms with Gasteiger partial charge in [-0.2, -0.15) is 0 Å². The maximum absolute atomic E-state index is 14.1. The molecule has 0 aromatic heterocycles. The van der Waals surface area contributed by atoms with Crippen molar-refractivity contribution in [2.24, 2.45) is 0 Å². The minimum atomic E-state index is -0.327. The quantitative estimate of drug-likeness (QED) is 0.854. The van der Waals surface area contributed by atoms with Crippen LogP contribution in [0.5, 0.6) is 0 Å². The molecule has 1 atom stereocenters. The van der Waals surface area contributed by atoms with E-state index < -0.39 is 0 Å². The Balaban J connectivity index is 2.47. The summed E-state index contributed by atoms with van der Waals surface area (Å²) in [5, 5.41) is 3.30. The molecule has 0 saturated heterocycles. The van der Waals surface area contributed by atoms with Gasteiger partial charge in [-0.15, -0.1) is 0 Å². The van der Waals surface area contributed by atoms with Gasteiger partial charge in [0.1, 0.15) is 11.6 Å². The molecule has 2 aromatic carbocycles. The summed E-state index contributed by atoms with van der Waals surface area (Å²) >= 11 is 0. The third-order valence-electron chi connectivity index (χ3n) is 3.37. The molecule has 0 radical (unpaired) electrons. The van der Waals surface area contributed by atoms with Crippen LogP contribution in [0.1, 0.15) is 36.1 Å². The second-order valence-corrected chi connectivity index (χ2v) is 4.91. The molecule has 0 aliphatic heterocycles. The van der Waals surface area contributed by atoms with Gasteiger partial charge < -0.3 is 5.32 Å². The van der Waals surface area contributed by atoms with E-state index in [0.717, 1.165) is 24.1 Å². The van der Waals surface area contributed by atoms with E-state index in [9.17, 15) is 8.78 Å². The molecule has 0 bridgehead atoms. The van der Waals surface area contributed by atoms with E-state index in [0.29, 0.717) is 5.56 Å². The maximum Gasteiger partial charge on any atom is 0.128 e. The van der Waals surface area contributed by atoms with E-state index in [1.807, 2.05) is 13.8 Å². The van der Waals surface area contributed by atoms with Crippen LogP contribution in [0.25, 0.3) is 0 Å². The molecule has 1 N–H and O–H groups in total. The number of hydrogen-bond acceptors (Lipinski definition) is 1. The number of benzene rings is 2. The SMILES string of the molecule is CCCNC(c1cc(F)ccc1C)c1ccccc1F. The molecule has 0 aliphatic rings. The molecular weight excluding hydrogens is 256 g/mol. The first-order valence-corrected chi connectivity index (χ1v) is 6.87. The molecule has 1 unspecified atom stereocenters. The molecule has 20 heavy (non-hydrogen) atoms. The molecule has 0 heterocycles. The van der Waals surface area contributed by atoms with Crippen molar-refractivity contribution in [1.82, 2.24) is 5.32 Å². The van der Waals surface area contributed by atoms with Crippen LogP contribution in [0, 0.1) is 18.6 Å². The minimum Gasteiger partial charge on any atom is -0.306 e. The van der Waals surface area contributed by atoms with Gasteiger partial charge in [-0.1, -0.05) is 31.2 Å². The standard InChI is InChI=1S/C17H19F2N/c1-3-10-20-17(14-6-4-5-7-16(14)19)15-11-13(18)9-8-12(15)2/h4-9,11,17,20H,3,10H2,1-2H3. The number of rotatable bonds is 5. The predicted molar refractivity (Wildman–Crippen MR) is 77.7 cm³/mol. The molecule has 0 fully saturated rings. The Kier molecular flexibility index (Phi) is 4.85. The average Bonchev–Trinajstić information content (AvgIpc) is 2.44. The summed E-state index contributed by atoms with van der Waals surface area (Å²) in [5.41, 5.74) is 2.28. The van der Waals surface area contributed by atoms with Gasteiger partial charge in [-0.25, -0.2) is 8.78 Å². The zero-order valence-corrected chi connectivity index (χ0v) is 11.8. The fourth-order valence-electron chi connectivity index (χ4n) is 2.31. The first kappa shape index (κ1) is 14.7. The van der Waals surface area contributed by atoms with Crippen LogP contribution in [0.15, 0.2) is 42.5 Å². The van der Waals surface area contributed by atoms with Crippen LogP contribution in [-0.4, -0.2) is 6.54 Å². The van der Waals surface area contributed by atoms with Crippen molar-refractivity contribution in [2.45, 2.75) is 26.3 Å². The van der Waals surface area contributed by atoms with E-state index in [-0.39, 0.29) is 17.7 Å². The van der Waals surface area contributed by atoms with Crippen molar-refractivity contribution in [2.75, 3.05) is 6.54 Å². The molecule has 2 rings (SSSR count). The zero-order valence-electron chi connectivity index (χ0n) is 11.8. The summed E-state index contributed by atoms with van der Waals surface area (Å²) < 4.78 is 27.6. The van der Waals surface area contributed by atoms with E-state index >= 15 is 0 Å². The minimum absolute atomic E-state index is 0.273. The first-order valence-electron chi connectivity index (χ1n) is 6.87. The van der Waals surface area contributed by atoms with Crippen molar-refractivity contribution in [3.8, 4) is 0 Å². The van der Waals surface area contributed by atoms with Crippen molar-refractivity contribution in [1.29, 1.82) is 0 Å². The summed E-state index contributed by atoms with van der Waals surface area (Å²) in [4.78, 5) is 0. The summed E-state index contributed by atoms with van der Waals surface area (Å²) in [6.07, 6.45) is 0.930. The van der Waals surface area contributed by atoms with Gasteiger partial charge in [0.25, 0.3) is 0 Å². The maximum atomic E-state index is 14.1. The Labute approximate surface area is 118 Å². The molecular formula is C17H19F2N. The third kappa shape index (κ3) is 3.23. The molecule has 106 valence electrons. The predicted octanol–water partition coefficient (Wildman–Crippen LogP) is 4.36. The van der Waals surface area contributed by atoms with Crippen LogP contribution < -0.4 is 5.32 Å². The van der Waals surface area contributed by atoms with Gasteiger partial charge in [0.2, 0.25) is 0 Å². The highest BCUT2D eigenvalue weighted by atomic mass is 19.1. The second kappa shape index (κ2) is 6.62. The van der Waals surface area contributed by atoms with Crippen molar-refractivity contribution in [3.63, 3.8) is 0 Å². The highest BCUT2D eigenvalue weighted by Gasteiger charge is 2.19. The summed E-state index contributed by atoms with van der Waals surface area (Å²) in [7, 11) is 0. The summed E-state index contributed by atoms with van der Waals surface area (Å²) in [6.45, 7) is 4.70. The van der Waals surface area contributed by atoms with Gasteiger partial charge >= 0.3 is 0 Å². The monoisotopic (exact) mass is 275 g/mol. The van der Waals surface area contributed by atoms with Gasteiger partial charge in [0, 0.05) is 5.56 Å². The van der Waals surface area contributed by atoms with E-state index in [4.69, 9.17) is 0 Å². The third-order valence-corrected chi connectivity index (χ3v) is 3.37. The molecule has 3 heteroatoms. The number of nitrogens with one attached hydrogen (secondary N) is 1. The Morgan fingerprint density at radius 2 is 1.80 bits per heavy atom. The van der Waals surface area contributed by atoms with Gasteiger partial charge in [-0.3, -0.25) is 0 Å². The number of aryl methyl sites for hydroxylation is 1. The summed E-state index contributed by atoms with van der Waals surface area (Å²) in [6, 6.07) is 10.9. The average molecular weight is 275 g/mol. The van der Waals surface area contributed by atoms with Crippen molar-refractivity contribution in [3.05, 3.63) is 70.8 Å². The van der Waals surface area contributed by atoms with Crippen molar-refractivity contribution >= 4 is 0 Å². The first-order chi connectivity index (χ1) is 9.63. The van der Waals surface area contributed by atoms with E-state index in [1.54, 1.807) is 24.3 Å². The van der Waals surface area contributed by atoms with Crippen LogP contribution in [0.4, 0.5) is 8.78 Å². The van der Waals surface area contributed by atoms with Gasteiger partial charge in [0.15, 0.2) is 0 Å². The Hall–Kier alpha value is -1.74. The highest BCUT2D eigenvalue weighted by molar-refractivity contribution is 5.37. The molecule has 0 aliphatic carbocycles. The zero-order chi connectivity index (χ0) is 14.5. The van der Waals surface area contributed by atoms with Crippen LogP contribution in [0.3, 0.4) is 0 Å². The number of halogens is 2. The topological polar surface area (TPSA) is 12.0 Å². The highest BCUT2D eigenvalue weighted by Crippen LogP contribution is 2.27. The Morgan fingerprint density at radius 3 is 2.50 bits per heavy atom. The van der Waals surface area contributed by atoms with Crippen molar-refractivity contribution < 1.29 is 8.78 Å². The molecule has 1 nitrogen and oxygen atoms in total. The van der Waals surface area contributed by atoms with Crippen LogP contribution in [-0.2, 0) is 0 Å². The van der Waals surface area contributed by atoms with Crippen LogP contribution >= 0.6 is 0 Å². The second-order valence-electron chi connectivity index (χ2n) is 4.91. The molecule has 2 aromatic rings. The lowest BCUT2D eigenvalue weighted by Gasteiger charge is -2.22. The van der Waals surface area contributed by atoms with E-state index in [1.165, 1.54) is 18.2 Å². The normalized spacial score (nSPS) is 12.4. The lowest BCUT2D eigenvalue weighted by molar-refractivity contribution is 0.541.